The minimum atomic E-state index is -3.91. The third kappa shape index (κ3) is 4.58. The topological polar surface area (TPSA) is 138 Å². The molecular weight excluding hydrogens is 362 g/mol. The van der Waals surface area contributed by atoms with Gasteiger partial charge in [0.05, 0.1) is 10.8 Å². The predicted molar refractivity (Wildman–Crippen MR) is 92.8 cm³/mol. The van der Waals surface area contributed by atoms with Crippen LogP contribution in [0.15, 0.2) is 29.2 Å². The summed E-state index contributed by atoms with van der Waals surface area (Å²) in [5.41, 5.74) is 0.331. The summed E-state index contributed by atoms with van der Waals surface area (Å²) < 4.78 is 23.0. The largest absolute Gasteiger partial charge is 0.480 e. The molecule has 1 aromatic rings. The average molecular weight is 383 g/mol. The minimum Gasteiger partial charge on any atom is -0.480 e. The molecule has 1 aliphatic rings. The highest BCUT2D eigenvalue weighted by molar-refractivity contribution is 7.89. The van der Waals surface area contributed by atoms with Crippen molar-refractivity contribution in [1.82, 2.24) is 4.90 Å². The summed E-state index contributed by atoms with van der Waals surface area (Å²) >= 11 is 0. The first-order chi connectivity index (χ1) is 12.1. The fourth-order valence-corrected chi connectivity index (χ4v) is 3.46. The Morgan fingerprint density at radius 3 is 2.65 bits per heavy atom. The molecule has 0 saturated carbocycles. The molecule has 1 atom stereocenters. The summed E-state index contributed by atoms with van der Waals surface area (Å²) in [5.74, 6) is -2.52. The smallest absolute Gasteiger partial charge is 0.323 e. The molecule has 26 heavy (non-hydrogen) atoms. The molecule has 1 saturated heterocycles. The number of hydrogen-bond acceptors (Lipinski definition) is 5. The number of rotatable bonds is 7. The van der Waals surface area contributed by atoms with E-state index in [1.54, 1.807) is 6.07 Å². The second-order valence-electron chi connectivity index (χ2n) is 6.10. The molecule has 2 amide bonds. The van der Waals surface area contributed by atoms with Gasteiger partial charge in [0.1, 0.15) is 6.54 Å². The van der Waals surface area contributed by atoms with Crippen LogP contribution in [0.4, 0.5) is 5.69 Å². The Morgan fingerprint density at radius 1 is 1.38 bits per heavy atom. The number of carbonyl (C=O) groups is 3. The normalized spacial score (nSPS) is 17.4. The van der Waals surface area contributed by atoms with E-state index >= 15 is 0 Å². The number of nitrogens with two attached hydrogens (primary N) is 1. The number of carboxylic acid groups (broad SMARTS) is 1. The maximum Gasteiger partial charge on any atom is 0.323 e. The van der Waals surface area contributed by atoms with E-state index in [4.69, 9.17) is 10.2 Å². The Bertz CT molecular complexity index is 823. The monoisotopic (exact) mass is 383 g/mol. The zero-order valence-corrected chi connectivity index (χ0v) is 15.1. The van der Waals surface area contributed by atoms with E-state index in [1.165, 1.54) is 28.0 Å². The molecule has 1 aliphatic heterocycles. The van der Waals surface area contributed by atoms with E-state index in [2.05, 4.69) is 0 Å². The highest BCUT2D eigenvalue weighted by Gasteiger charge is 2.37. The van der Waals surface area contributed by atoms with Gasteiger partial charge in [-0.1, -0.05) is 13.0 Å². The number of sulfonamides is 1. The number of benzene rings is 1. The third-order valence-corrected chi connectivity index (χ3v) is 4.97. The van der Waals surface area contributed by atoms with Crippen LogP contribution in [0.1, 0.15) is 19.8 Å². The highest BCUT2D eigenvalue weighted by atomic mass is 32.2. The molecule has 1 fully saturated rings. The summed E-state index contributed by atoms with van der Waals surface area (Å²) in [6, 6.07) is 5.62. The molecular formula is C16H21N3O6S. The van der Waals surface area contributed by atoms with Crippen molar-refractivity contribution in [2.75, 3.05) is 24.5 Å². The molecule has 0 aromatic heterocycles. The first-order valence-electron chi connectivity index (χ1n) is 8.07. The number of aliphatic carboxylic acids is 1. The molecule has 1 aromatic carbocycles. The van der Waals surface area contributed by atoms with Gasteiger partial charge in [0.2, 0.25) is 21.8 Å². The van der Waals surface area contributed by atoms with Crippen LogP contribution in [0, 0.1) is 5.92 Å². The van der Waals surface area contributed by atoms with E-state index in [0.29, 0.717) is 12.1 Å². The van der Waals surface area contributed by atoms with E-state index in [1.807, 2.05) is 6.92 Å². The Morgan fingerprint density at radius 2 is 2.08 bits per heavy atom. The molecule has 10 heteroatoms. The van der Waals surface area contributed by atoms with Crippen molar-refractivity contribution >= 4 is 33.5 Å². The molecule has 0 bridgehead atoms. The van der Waals surface area contributed by atoms with Crippen LogP contribution in [0.25, 0.3) is 0 Å². The fourth-order valence-electron chi connectivity index (χ4n) is 2.91. The lowest BCUT2D eigenvalue weighted by atomic mass is 10.1. The van der Waals surface area contributed by atoms with Crippen molar-refractivity contribution in [1.29, 1.82) is 0 Å². The van der Waals surface area contributed by atoms with E-state index in [-0.39, 0.29) is 30.3 Å². The van der Waals surface area contributed by atoms with Gasteiger partial charge in [-0.3, -0.25) is 14.4 Å². The van der Waals surface area contributed by atoms with Crippen LogP contribution in [0.5, 0.6) is 0 Å². The van der Waals surface area contributed by atoms with E-state index in [9.17, 15) is 22.8 Å². The maximum atomic E-state index is 12.6. The molecule has 1 heterocycles. The zero-order valence-electron chi connectivity index (χ0n) is 14.3. The van der Waals surface area contributed by atoms with Gasteiger partial charge in [0, 0.05) is 25.2 Å². The first kappa shape index (κ1) is 19.9. The predicted octanol–water partition coefficient (Wildman–Crippen LogP) is 0.0101. The summed E-state index contributed by atoms with van der Waals surface area (Å²) in [4.78, 5) is 38.3. The Labute approximate surface area is 151 Å². The summed E-state index contributed by atoms with van der Waals surface area (Å²) in [6.07, 6.45) is 0.540. The summed E-state index contributed by atoms with van der Waals surface area (Å²) in [5, 5.41) is 14.1. The van der Waals surface area contributed by atoms with Crippen LogP contribution >= 0.6 is 0 Å². The summed E-state index contributed by atoms with van der Waals surface area (Å²) in [7, 11) is -3.91. The lowest BCUT2D eigenvalue weighted by Crippen LogP contribution is -2.41. The highest BCUT2D eigenvalue weighted by Crippen LogP contribution is 2.27. The van der Waals surface area contributed by atoms with Crippen LogP contribution in [0.2, 0.25) is 0 Å². The Hall–Kier alpha value is -2.46. The molecule has 2 rings (SSSR count). The van der Waals surface area contributed by atoms with E-state index in [0.717, 1.165) is 0 Å². The van der Waals surface area contributed by atoms with Gasteiger partial charge in [-0.2, -0.15) is 0 Å². The maximum absolute atomic E-state index is 12.6. The minimum absolute atomic E-state index is 0.0573. The van der Waals surface area contributed by atoms with Crippen LogP contribution in [-0.2, 0) is 24.4 Å². The first-order valence-corrected chi connectivity index (χ1v) is 9.62. The van der Waals surface area contributed by atoms with Crippen molar-refractivity contribution in [2.24, 2.45) is 11.1 Å². The zero-order chi connectivity index (χ0) is 19.5. The van der Waals surface area contributed by atoms with Crippen LogP contribution in [0.3, 0.4) is 0 Å². The number of amides is 2. The third-order valence-electron chi connectivity index (χ3n) is 4.06. The number of carbonyl (C=O) groups excluding carboxylic acids is 2. The fraction of sp³-hybridized carbons (Fsp3) is 0.438. The number of anilines is 1. The lowest BCUT2D eigenvalue weighted by molar-refractivity contribution is -0.146. The van der Waals surface area contributed by atoms with Crippen LogP contribution in [-0.4, -0.2) is 55.8 Å². The van der Waals surface area contributed by atoms with Crippen molar-refractivity contribution in [3.63, 3.8) is 0 Å². The standard InChI is InChI=1S/C16H21N3O6S/c1-2-6-18(10-15(21)22)16(23)11-7-14(20)19(9-11)12-4-3-5-13(8-12)26(17,24)25/h3-5,8,11H,2,6-7,9-10H2,1H3,(H,21,22)(H2,17,24,25). The molecule has 9 nitrogen and oxygen atoms in total. The average Bonchev–Trinajstić information content (AvgIpc) is 2.94. The molecule has 0 spiro atoms. The molecule has 0 aliphatic carbocycles. The summed E-state index contributed by atoms with van der Waals surface area (Å²) in [6.45, 7) is 1.76. The number of hydrogen-bond donors (Lipinski definition) is 2. The van der Waals surface area contributed by atoms with Gasteiger partial charge < -0.3 is 14.9 Å². The molecule has 3 N–H and O–H groups in total. The van der Waals surface area contributed by atoms with Gasteiger partial charge in [0.25, 0.3) is 0 Å². The van der Waals surface area contributed by atoms with Crippen molar-refractivity contribution < 1.29 is 27.9 Å². The van der Waals surface area contributed by atoms with Gasteiger partial charge in [-0.05, 0) is 24.6 Å². The Balaban J connectivity index is 2.20. The van der Waals surface area contributed by atoms with Gasteiger partial charge in [-0.25, -0.2) is 13.6 Å². The Kier molecular flexibility index (Phi) is 5.98. The number of nitrogens with zero attached hydrogens (tertiary/aromatic N) is 2. The number of carboxylic acids is 1. The van der Waals surface area contributed by atoms with Gasteiger partial charge in [0.15, 0.2) is 0 Å². The van der Waals surface area contributed by atoms with Crippen LogP contribution < -0.4 is 10.0 Å². The van der Waals surface area contributed by atoms with Crippen molar-refractivity contribution in [3.05, 3.63) is 24.3 Å². The lowest BCUT2D eigenvalue weighted by Gasteiger charge is -2.23. The molecule has 1 unspecified atom stereocenters. The second kappa shape index (κ2) is 7.83. The number of primary sulfonamides is 1. The quantitative estimate of drug-likeness (QED) is 0.680. The molecule has 142 valence electrons. The molecule has 0 radical (unpaired) electrons. The SMILES string of the molecule is CCCN(CC(=O)O)C(=O)C1CC(=O)N(c2cccc(S(N)(=O)=O)c2)C1. The van der Waals surface area contributed by atoms with Gasteiger partial charge >= 0.3 is 5.97 Å². The second-order valence-corrected chi connectivity index (χ2v) is 7.66. The van der Waals surface area contributed by atoms with Crippen molar-refractivity contribution in [2.45, 2.75) is 24.7 Å². The van der Waals surface area contributed by atoms with Gasteiger partial charge in [-0.15, -0.1) is 0 Å². The van der Waals surface area contributed by atoms with E-state index < -0.39 is 34.4 Å². The van der Waals surface area contributed by atoms with Crippen molar-refractivity contribution in [3.8, 4) is 0 Å².